The summed E-state index contributed by atoms with van der Waals surface area (Å²) >= 11 is 0. The average Bonchev–Trinajstić information content (AvgIpc) is 2.82. The van der Waals surface area contributed by atoms with Crippen LogP contribution >= 0.6 is 0 Å². The van der Waals surface area contributed by atoms with Gasteiger partial charge in [0.15, 0.2) is 0 Å². The molecular weight excluding hydrogens is 252 g/mol. The van der Waals surface area contributed by atoms with E-state index in [0.29, 0.717) is 13.0 Å². The molecule has 0 aliphatic carbocycles. The normalized spacial score (nSPS) is 10.9. The number of carbonyl (C=O) groups excluding carboxylic acids is 1. The van der Waals surface area contributed by atoms with Crippen LogP contribution in [0.5, 0.6) is 0 Å². The SMILES string of the molecule is CCc1ccc2c(c1)c(CC(=O)OC)cn2CCCN. The third kappa shape index (κ3) is 3.02. The second-order valence-corrected chi connectivity index (χ2v) is 4.95. The van der Waals surface area contributed by atoms with Gasteiger partial charge in [-0.05, 0) is 42.6 Å². The highest BCUT2D eigenvalue weighted by molar-refractivity contribution is 5.88. The van der Waals surface area contributed by atoms with Crippen molar-refractivity contribution >= 4 is 16.9 Å². The Kier molecular flexibility index (Phi) is 4.79. The second kappa shape index (κ2) is 6.57. The lowest BCUT2D eigenvalue weighted by atomic mass is 10.1. The number of aryl methyl sites for hydroxylation is 2. The number of benzene rings is 1. The van der Waals surface area contributed by atoms with Crippen LogP contribution in [-0.4, -0.2) is 24.2 Å². The van der Waals surface area contributed by atoms with Crippen LogP contribution in [0, 0.1) is 0 Å². The quantitative estimate of drug-likeness (QED) is 0.822. The molecule has 2 rings (SSSR count). The molecular formula is C16H22N2O2. The number of rotatable bonds is 6. The minimum atomic E-state index is -0.204. The van der Waals surface area contributed by atoms with Gasteiger partial charge in [-0.15, -0.1) is 0 Å². The molecule has 0 spiro atoms. The number of methoxy groups -OCH3 is 1. The first-order valence-corrected chi connectivity index (χ1v) is 7.07. The maximum atomic E-state index is 11.6. The fourth-order valence-electron chi connectivity index (χ4n) is 2.45. The van der Waals surface area contributed by atoms with Crippen molar-refractivity contribution in [3.63, 3.8) is 0 Å². The molecule has 1 heterocycles. The molecule has 0 aliphatic rings. The third-order valence-corrected chi connectivity index (χ3v) is 3.60. The smallest absolute Gasteiger partial charge is 0.310 e. The van der Waals surface area contributed by atoms with Crippen LogP contribution in [0.1, 0.15) is 24.5 Å². The summed E-state index contributed by atoms with van der Waals surface area (Å²) in [7, 11) is 1.42. The largest absolute Gasteiger partial charge is 0.469 e. The van der Waals surface area contributed by atoms with Crippen molar-refractivity contribution in [1.29, 1.82) is 0 Å². The average molecular weight is 274 g/mol. The standard InChI is InChI=1S/C16H22N2O2/c1-3-12-5-6-15-14(9-12)13(10-16(19)20-2)11-18(15)8-4-7-17/h5-6,9,11H,3-4,7-8,10,17H2,1-2H3. The third-order valence-electron chi connectivity index (χ3n) is 3.60. The van der Waals surface area contributed by atoms with Gasteiger partial charge >= 0.3 is 5.97 Å². The van der Waals surface area contributed by atoms with Crippen LogP contribution in [-0.2, 0) is 28.9 Å². The van der Waals surface area contributed by atoms with Crippen molar-refractivity contribution in [2.45, 2.75) is 32.7 Å². The molecule has 0 amide bonds. The Morgan fingerprint density at radius 2 is 2.20 bits per heavy atom. The van der Waals surface area contributed by atoms with Crippen molar-refractivity contribution in [1.82, 2.24) is 4.57 Å². The Morgan fingerprint density at radius 3 is 2.85 bits per heavy atom. The number of carbonyl (C=O) groups is 1. The molecule has 0 saturated heterocycles. The lowest BCUT2D eigenvalue weighted by Crippen LogP contribution is -2.05. The summed E-state index contributed by atoms with van der Waals surface area (Å²) < 4.78 is 6.96. The monoisotopic (exact) mass is 274 g/mol. The highest BCUT2D eigenvalue weighted by Gasteiger charge is 2.12. The Morgan fingerprint density at radius 1 is 1.40 bits per heavy atom. The second-order valence-electron chi connectivity index (χ2n) is 4.95. The fourth-order valence-corrected chi connectivity index (χ4v) is 2.45. The van der Waals surface area contributed by atoms with Crippen molar-refractivity contribution in [3.05, 3.63) is 35.5 Å². The van der Waals surface area contributed by atoms with Crippen LogP contribution in [0.25, 0.3) is 10.9 Å². The molecule has 0 aliphatic heterocycles. The van der Waals surface area contributed by atoms with E-state index >= 15 is 0 Å². The minimum absolute atomic E-state index is 0.204. The first-order valence-electron chi connectivity index (χ1n) is 7.07. The van der Waals surface area contributed by atoms with Gasteiger partial charge in [0.05, 0.1) is 13.5 Å². The molecule has 4 heteroatoms. The summed E-state index contributed by atoms with van der Waals surface area (Å²) in [6.07, 6.45) is 4.28. The molecule has 1 aromatic carbocycles. The number of aromatic nitrogens is 1. The van der Waals surface area contributed by atoms with E-state index in [1.165, 1.54) is 12.7 Å². The molecule has 0 saturated carbocycles. The van der Waals surface area contributed by atoms with E-state index in [1.54, 1.807) is 0 Å². The molecule has 2 aromatic rings. The van der Waals surface area contributed by atoms with Gasteiger partial charge in [0, 0.05) is 23.6 Å². The molecule has 0 unspecified atom stereocenters. The summed E-state index contributed by atoms with van der Waals surface area (Å²) in [6.45, 7) is 3.67. The Hall–Kier alpha value is -1.81. The maximum absolute atomic E-state index is 11.6. The summed E-state index contributed by atoms with van der Waals surface area (Å²) in [5, 5.41) is 1.15. The lowest BCUT2D eigenvalue weighted by Gasteiger charge is -2.04. The van der Waals surface area contributed by atoms with Gasteiger partial charge in [0.1, 0.15) is 0 Å². The number of fused-ring (bicyclic) bond motifs is 1. The molecule has 20 heavy (non-hydrogen) atoms. The van der Waals surface area contributed by atoms with Gasteiger partial charge in [0.25, 0.3) is 0 Å². The molecule has 0 atom stereocenters. The fraction of sp³-hybridized carbons (Fsp3) is 0.438. The molecule has 108 valence electrons. The van der Waals surface area contributed by atoms with E-state index < -0.39 is 0 Å². The number of esters is 1. The van der Waals surface area contributed by atoms with Crippen LogP contribution in [0.4, 0.5) is 0 Å². The summed E-state index contributed by atoms with van der Waals surface area (Å²) in [5.74, 6) is -0.204. The zero-order valence-electron chi connectivity index (χ0n) is 12.2. The van der Waals surface area contributed by atoms with Crippen molar-refractivity contribution in [2.24, 2.45) is 5.73 Å². The molecule has 4 nitrogen and oxygen atoms in total. The number of hydrogen-bond donors (Lipinski definition) is 1. The highest BCUT2D eigenvalue weighted by atomic mass is 16.5. The Balaban J connectivity index is 2.45. The first kappa shape index (κ1) is 14.6. The number of ether oxygens (including phenoxy) is 1. The number of hydrogen-bond acceptors (Lipinski definition) is 3. The highest BCUT2D eigenvalue weighted by Crippen LogP contribution is 2.24. The van der Waals surface area contributed by atoms with Crippen molar-refractivity contribution < 1.29 is 9.53 Å². The van der Waals surface area contributed by atoms with Gasteiger partial charge < -0.3 is 15.0 Å². The molecule has 2 N–H and O–H groups in total. The van der Waals surface area contributed by atoms with Gasteiger partial charge in [-0.1, -0.05) is 13.0 Å². The number of nitrogens with two attached hydrogens (primary N) is 1. The van der Waals surface area contributed by atoms with Gasteiger partial charge in [-0.3, -0.25) is 4.79 Å². The van der Waals surface area contributed by atoms with E-state index in [1.807, 2.05) is 0 Å². The van der Waals surface area contributed by atoms with E-state index in [4.69, 9.17) is 10.5 Å². The summed E-state index contributed by atoms with van der Waals surface area (Å²) in [5.41, 5.74) is 9.05. The van der Waals surface area contributed by atoms with E-state index in [0.717, 1.165) is 35.9 Å². The van der Waals surface area contributed by atoms with Gasteiger partial charge in [0.2, 0.25) is 0 Å². The maximum Gasteiger partial charge on any atom is 0.310 e. The predicted octanol–water partition coefficient (Wildman–Crippen LogP) is 2.27. The molecule has 1 aromatic heterocycles. The van der Waals surface area contributed by atoms with Crippen LogP contribution < -0.4 is 5.73 Å². The molecule has 0 fully saturated rings. The lowest BCUT2D eigenvalue weighted by molar-refractivity contribution is -0.139. The van der Waals surface area contributed by atoms with Crippen molar-refractivity contribution in [2.75, 3.05) is 13.7 Å². The van der Waals surface area contributed by atoms with Crippen LogP contribution in [0.3, 0.4) is 0 Å². The van der Waals surface area contributed by atoms with E-state index in [-0.39, 0.29) is 5.97 Å². The Bertz CT molecular complexity index is 602. The Labute approximate surface area is 119 Å². The molecule has 0 bridgehead atoms. The first-order chi connectivity index (χ1) is 9.69. The zero-order valence-corrected chi connectivity index (χ0v) is 12.2. The van der Waals surface area contributed by atoms with Crippen LogP contribution in [0.2, 0.25) is 0 Å². The summed E-state index contributed by atoms with van der Waals surface area (Å²) in [4.78, 5) is 11.6. The molecule has 0 radical (unpaired) electrons. The van der Waals surface area contributed by atoms with Crippen LogP contribution in [0.15, 0.2) is 24.4 Å². The minimum Gasteiger partial charge on any atom is -0.469 e. The van der Waals surface area contributed by atoms with Gasteiger partial charge in [-0.25, -0.2) is 0 Å². The summed E-state index contributed by atoms with van der Waals surface area (Å²) in [6, 6.07) is 6.45. The van der Waals surface area contributed by atoms with E-state index in [2.05, 4.69) is 35.9 Å². The van der Waals surface area contributed by atoms with Crippen molar-refractivity contribution in [3.8, 4) is 0 Å². The topological polar surface area (TPSA) is 57.2 Å². The van der Waals surface area contributed by atoms with Gasteiger partial charge in [-0.2, -0.15) is 0 Å². The van der Waals surface area contributed by atoms with E-state index in [9.17, 15) is 4.79 Å². The predicted molar refractivity (Wildman–Crippen MR) is 80.7 cm³/mol. The zero-order chi connectivity index (χ0) is 14.5. The number of nitrogens with zero attached hydrogens (tertiary/aromatic N) is 1.